The van der Waals surface area contributed by atoms with Crippen molar-refractivity contribution in [1.29, 1.82) is 0 Å². The second-order valence-corrected chi connectivity index (χ2v) is 7.12. The van der Waals surface area contributed by atoms with E-state index in [1.165, 1.54) is 6.92 Å². The molecule has 0 radical (unpaired) electrons. The van der Waals surface area contributed by atoms with Gasteiger partial charge in [-0.15, -0.1) is 0 Å². The van der Waals surface area contributed by atoms with E-state index in [-0.39, 0.29) is 17.4 Å². The predicted molar refractivity (Wildman–Crippen MR) is 106 cm³/mol. The molecule has 0 spiro atoms. The van der Waals surface area contributed by atoms with E-state index in [2.05, 4.69) is 4.98 Å². The molecule has 0 aliphatic carbocycles. The van der Waals surface area contributed by atoms with Crippen molar-refractivity contribution in [2.75, 3.05) is 13.2 Å². The zero-order valence-electron chi connectivity index (χ0n) is 16.5. The summed E-state index contributed by atoms with van der Waals surface area (Å²) in [5.41, 5.74) is 1.01. The van der Waals surface area contributed by atoms with E-state index >= 15 is 0 Å². The van der Waals surface area contributed by atoms with Gasteiger partial charge < -0.3 is 14.2 Å². The molecular formula is C22H22F2N2O4. The summed E-state index contributed by atoms with van der Waals surface area (Å²) in [5.74, 6) is -0.00768. The van der Waals surface area contributed by atoms with Crippen molar-refractivity contribution in [3.05, 3.63) is 59.9 Å². The van der Waals surface area contributed by atoms with Gasteiger partial charge in [0.25, 0.3) is 0 Å². The predicted octanol–water partition coefficient (Wildman–Crippen LogP) is 4.91. The lowest BCUT2D eigenvalue weighted by Gasteiger charge is -2.15. The van der Waals surface area contributed by atoms with Crippen LogP contribution in [-0.2, 0) is 9.47 Å². The molecule has 0 amide bonds. The Morgan fingerprint density at radius 2 is 2.00 bits per heavy atom. The lowest BCUT2D eigenvalue weighted by molar-refractivity contribution is 0.0233. The molecule has 1 saturated heterocycles. The van der Waals surface area contributed by atoms with Gasteiger partial charge >= 0.3 is 12.5 Å². The number of rotatable bonds is 7. The van der Waals surface area contributed by atoms with Crippen LogP contribution in [0.1, 0.15) is 48.6 Å². The Labute approximate surface area is 172 Å². The number of fused-ring (bicyclic) bond motifs is 1. The highest BCUT2D eigenvalue weighted by Crippen LogP contribution is 2.28. The quantitative estimate of drug-likeness (QED) is 0.512. The summed E-state index contributed by atoms with van der Waals surface area (Å²) in [7, 11) is 0. The molecule has 2 unspecified atom stereocenters. The molecule has 8 heteroatoms. The number of esters is 1. The second-order valence-electron chi connectivity index (χ2n) is 7.12. The Balaban J connectivity index is 1.43. The van der Waals surface area contributed by atoms with Crippen LogP contribution in [0.3, 0.4) is 0 Å². The molecule has 0 N–H and O–H groups in total. The van der Waals surface area contributed by atoms with Crippen LogP contribution in [0.5, 0.6) is 5.75 Å². The van der Waals surface area contributed by atoms with Crippen LogP contribution in [0.4, 0.5) is 8.78 Å². The number of halogens is 2. The lowest BCUT2D eigenvalue weighted by Crippen LogP contribution is -2.16. The van der Waals surface area contributed by atoms with E-state index in [0.717, 1.165) is 24.0 Å². The zero-order valence-corrected chi connectivity index (χ0v) is 16.5. The van der Waals surface area contributed by atoms with E-state index in [1.54, 1.807) is 48.5 Å². The summed E-state index contributed by atoms with van der Waals surface area (Å²) >= 11 is 0. The van der Waals surface area contributed by atoms with Gasteiger partial charge in [0.15, 0.2) is 11.9 Å². The fourth-order valence-corrected chi connectivity index (χ4v) is 3.49. The number of carbonyl (C=O) groups excluding carboxylic acids is 1. The highest BCUT2D eigenvalue weighted by atomic mass is 19.3. The Hall–Kier alpha value is -3.00. The van der Waals surface area contributed by atoms with Crippen LogP contribution in [0.15, 0.2) is 48.5 Å². The molecule has 1 fully saturated rings. The highest BCUT2D eigenvalue weighted by Gasteiger charge is 2.24. The van der Waals surface area contributed by atoms with E-state index in [1.807, 2.05) is 0 Å². The monoisotopic (exact) mass is 416 g/mol. The number of carbonyl (C=O) groups is 1. The van der Waals surface area contributed by atoms with E-state index in [0.29, 0.717) is 23.4 Å². The third-order valence-electron chi connectivity index (χ3n) is 5.02. The van der Waals surface area contributed by atoms with Crippen molar-refractivity contribution < 1.29 is 27.8 Å². The summed E-state index contributed by atoms with van der Waals surface area (Å²) in [6.07, 6.45) is 1.17. The average molecular weight is 416 g/mol. The standard InChI is InChI=1S/C22H22F2N2O4/c1-14(20-25-18-6-2-3-7-19(18)26(20)22(23)24)30-21(27)15-8-10-16(11-9-15)29-13-17-5-4-12-28-17/h2-3,6-11,14,17,22H,4-5,12-13H2,1H3. The molecule has 158 valence electrons. The second kappa shape index (κ2) is 8.79. The van der Waals surface area contributed by atoms with Crippen molar-refractivity contribution in [2.45, 2.75) is 38.5 Å². The largest absolute Gasteiger partial charge is 0.491 e. The van der Waals surface area contributed by atoms with Gasteiger partial charge in [-0.25, -0.2) is 9.78 Å². The average Bonchev–Trinajstić information content (AvgIpc) is 3.40. The summed E-state index contributed by atoms with van der Waals surface area (Å²) in [6, 6.07) is 13.1. The maximum Gasteiger partial charge on any atom is 0.338 e. The zero-order chi connectivity index (χ0) is 21.1. The summed E-state index contributed by atoms with van der Waals surface area (Å²) < 4.78 is 44.6. The molecule has 1 aliphatic rings. The van der Waals surface area contributed by atoms with Crippen molar-refractivity contribution in [3.63, 3.8) is 0 Å². The first-order valence-corrected chi connectivity index (χ1v) is 9.83. The number of benzene rings is 2. The van der Waals surface area contributed by atoms with Gasteiger partial charge in [0.1, 0.15) is 12.4 Å². The molecule has 4 rings (SSSR count). The third kappa shape index (κ3) is 4.28. The number of imidazole rings is 1. The number of para-hydroxylation sites is 2. The molecule has 1 aromatic heterocycles. The fourth-order valence-electron chi connectivity index (χ4n) is 3.49. The Morgan fingerprint density at radius 3 is 2.70 bits per heavy atom. The van der Waals surface area contributed by atoms with Crippen LogP contribution in [0.2, 0.25) is 0 Å². The van der Waals surface area contributed by atoms with Crippen LogP contribution in [-0.4, -0.2) is 34.8 Å². The number of hydrogen-bond donors (Lipinski definition) is 0. The maximum atomic E-state index is 13.6. The van der Waals surface area contributed by atoms with Gasteiger partial charge in [-0.3, -0.25) is 4.57 Å². The van der Waals surface area contributed by atoms with Gasteiger partial charge in [0.2, 0.25) is 0 Å². The number of ether oxygens (including phenoxy) is 3. The minimum Gasteiger partial charge on any atom is -0.491 e. The molecule has 1 aliphatic heterocycles. The SMILES string of the molecule is CC(OC(=O)c1ccc(OCC2CCCO2)cc1)c1nc2ccccc2n1C(F)F. The van der Waals surface area contributed by atoms with Gasteiger partial charge in [0, 0.05) is 6.61 Å². The fraction of sp³-hybridized carbons (Fsp3) is 0.364. The molecule has 0 saturated carbocycles. The van der Waals surface area contributed by atoms with Gasteiger partial charge in [0.05, 0.1) is 22.7 Å². The maximum absolute atomic E-state index is 13.6. The van der Waals surface area contributed by atoms with Crippen molar-refractivity contribution in [3.8, 4) is 5.75 Å². The molecule has 6 nitrogen and oxygen atoms in total. The highest BCUT2D eigenvalue weighted by molar-refractivity contribution is 5.89. The molecule has 2 aromatic carbocycles. The normalized spacial score (nSPS) is 17.4. The number of nitrogens with zero attached hydrogens (tertiary/aromatic N) is 2. The van der Waals surface area contributed by atoms with Crippen molar-refractivity contribution >= 4 is 17.0 Å². The smallest absolute Gasteiger partial charge is 0.338 e. The third-order valence-corrected chi connectivity index (χ3v) is 5.02. The van der Waals surface area contributed by atoms with Crippen molar-refractivity contribution in [1.82, 2.24) is 9.55 Å². The van der Waals surface area contributed by atoms with Gasteiger partial charge in [-0.2, -0.15) is 8.78 Å². The van der Waals surface area contributed by atoms with Crippen LogP contribution in [0, 0.1) is 0 Å². The molecular weight excluding hydrogens is 394 g/mol. The molecule has 30 heavy (non-hydrogen) atoms. The summed E-state index contributed by atoms with van der Waals surface area (Å²) in [6.45, 7) is -0.0493. The first-order chi connectivity index (χ1) is 14.5. The number of alkyl halides is 2. The molecule has 2 heterocycles. The van der Waals surface area contributed by atoms with Gasteiger partial charge in [-0.1, -0.05) is 12.1 Å². The Morgan fingerprint density at radius 1 is 1.23 bits per heavy atom. The number of hydrogen-bond acceptors (Lipinski definition) is 5. The van der Waals surface area contributed by atoms with Crippen LogP contribution < -0.4 is 4.74 Å². The first kappa shape index (κ1) is 20.3. The lowest BCUT2D eigenvalue weighted by atomic mass is 10.2. The summed E-state index contributed by atoms with van der Waals surface area (Å²) in [4.78, 5) is 16.7. The molecule has 0 bridgehead atoms. The first-order valence-electron chi connectivity index (χ1n) is 9.83. The molecule has 3 aromatic rings. The van der Waals surface area contributed by atoms with Crippen LogP contribution in [0.25, 0.3) is 11.0 Å². The topological polar surface area (TPSA) is 62.6 Å². The number of aromatic nitrogens is 2. The molecule has 2 atom stereocenters. The van der Waals surface area contributed by atoms with Gasteiger partial charge in [-0.05, 0) is 56.2 Å². The van der Waals surface area contributed by atoms with Crippen LogP contribution >= 0.6 is 0 Å². The Bertz CT molecular complexity index is 1010. The summed E-state index contributed by atoms with van der Waals surface area (Å²) in [5, 5.41) is 0. The minimum atomic E-state index is -2.80. The Kier molecular flexibility index (Phi) is 5.94. The van der Waals surface area contributed by atoms with Crippen molar-refractivity contribution in [2.24, 2.45) is 0 Å². The van der Waals surface area contributed by atoms with E-state index in [4.69, 9.17) is 14.2 Å². The van der Waals surface area contributed by atoms with E-state index in [9.17, 15) is 13.6 Å². The van der Waals surface area contributed by atoms with E-state index < -0.39 is 18.6 Å². The minimum absolute atomic E-state index is 0.00364.